The number of ether oxygens (including phenoxy) is 1. The lowest BCUT2D eigenvalue weighted by Crippen LogP contribution is -2.44. The second kappa shape index (κ2) is 9.03. The van der Waals surface area contributed by atoms with Gasteiger partial charge in [-0.15, -0.1) is 12.4 Å². The molecule has 1 aliphatic rings. The van der Waals surface area contributed by atoms with E-state index in [9.17, 15) is 4.79 Å². The van der Waals surface area contributed by atoms with E-state index in [4.69, 9.17) is 10.5 Å². The molecule has 0 radical (unpaired) electrons. The van der Waals surface area contributed by atoms with Crippen LogP contribution in [0.25, 0.3) is 0 Å². The Morgan fingerprint density at radius 2 is 1.95 bits per heavy atom. The van der Waals surface area contributed by atoms with Crippen molar-refractivity contribution in [2.24, 2.45) is 11.7 Å². The van der Waals surface area contributed by atoms with Crippen molar-refractivity contribution >= 4 is 18.3 Å². The normalized spacial score (nSPS) is 21.4. The van der Waals surface area contributed by atoms with E-state index >= 15 is 0 Å². The smallest absolute Gasteiger partial charge is 0.251 e. The van der Waals surface area contributed by atoms with Gasteiger partial charge in [0.1, 0.15) is 0 Å². The summed E-state index contributed by atoms with van der Waals surface area (Å²) in [4.78, 5) is 12.3. The summed E-state index contributed by atoms with van der Waals surface area (Å²) in [6, 6.07) is 7.78. The average molecular weight is 313 g/mol. The van der Waals surface area contributed by atoms with Gasteiger partial charge in [0, 0.05) is 18.7 Å². The number of carbonyl (C=O) groups is 1. The van der Waals surface area contributed by atoms with Crippen molar-refractivity contribution in [1.82, 2.24) is 5.32 Å². The van der Waals surface area contributed by atoms with Crippen molar-refractivity contribution < 1.29 is 9.53 Å². The maximum absolute atomic E-state index is 12.3. The summed E-state index contributed by atoms with van der Waals surface area (Å²) in [6.07, 6.45) is 4.55. The maximum atomic E-state index is 12.3. The largest absolute Gasteiger partial charge is 0.380 e. The molecule has 2 atom stereocenters. The molecule has 1 aromatic carbocycles. The van der Waals surface area contributed by atoms with Crippen LogP contribution in [0.4, 0.5) is 0 Å². The first-order valence-electron chi connectivity index (χ1n) is 7.33. The van der Waals surface area contributed by atoms with Crippen molar-refractivity contribution in [2.75, 3.05) is 13.7 Å². The molecule has 0 aliphatic heterocycles. The van der Waals surface area contributed by atoms with Crippen LogP contribution < -0.4 is 11.1 Å². The SMILES string of the molecule is COCc1ccc(C(=O)NC2CCCCC2CN)cc1.Cl. The van der Waals surface area contributed by atoms with Gasteiger partial charge in [0.25, 0.3) is 5.91 Å². The molecule has 3 N–H and O–H groups in total. The van der Waals surface area contributed by atoms with Gasteiger partial charge in [-0.25, -0.2) is 0 Å². The first kappa shape index (κ1) is 18.0. The van der Waals surface area contributed by atoms with Crippen molar-refractivity contribution in [3.05, 3.63) is 35.4 Å². The van der Waals surface area contributed by atoms with Crippen molar-refractivity contribution in [3.8, 4) is 0 Å². The van der Waals surface area contributed by atoms with E-state index in [0.29, 0.717) is 24.6 Å². The Bertz CT molecular complexity index is 436. The molecule has 0 bridgehead atoms. The van der Waals surface area contributed by atoms with Crippen LogP contribution in [0.3, 0.4) is 0 Å². The number of carbonyl (C=O) groups excluding carboxylic acids is 1. The van der Waals surface area contributed by atoms with Gasteiger partial charge in [-0.1, -0.05) is 25.0 Å². The van der Waals surface area contributed by atoms with Gasteiger partial charge in [-0.2, -0.15) is 0 Å². The highest BCUT2D eigenvalue weighted by Crippen LogP contribution is 2.23. The van der Waals surface area contributed by atoms with Gasteiger partial charge < -0.3 is 15.8 Å². The summed E-state index contributed by atoms with van der Waals surface area (Å²) in [5.41, 5.74) is 7.57. The highest BCUT2D eigenvalue weighted by atomic mass is 35.5. The van der Waals surface area contributed by atoms with Crippen molar-refractivity contribution in [1.29, 1.82) is 0 Å². The van der Waals surface area contributed by atoms with Crippen molar-refractivity contribution in [3.63, 3.8) is 0 Å². The maximum Gasteiger partial charge on any atom is 0.251 e. The summed E-state index contributed by atoms with van der Waals surface area (Å²) in [5.74, 6) is 0.416. The summed E-state index contributed by atoms with van der Waals surface area (Å²) in [5, 5.41) is 3.14. The third kappa shape index (κ3) is 4.99. The van der Waals surface area contributed by atoms with E-state index in [1.165, 1.54) is 12.8 Å². The van der Waals surface area contributed by atoms with E-state index < -0.39 is 0 Å². The Balaban J connectivity index is 0.00000220. The number of hydrogen-bond acceptors (Lipinski definition) is 3. The van der Waals surface area contributed by atoms with Crippen LogP contribution in [0.1, 0.15) is 41.6 Å². The number of amides is 1. The Morgan fingerprint density at radius 3 is 2.57 bits per heavy atom. The Morgan fingerprint density at radius 1 is 1.29 bits per heavy atom. The van der Waals surface area contributed by atoms with E-state index in [0.717, 1.165) is 18.4 Å². The molecule has 1 saturated carbocycles. The molecule has 1 fully saturated rings. The Labute approximate surface area is 132 Å². The minimum absolute atomic E-state index is 0. The lowest BCUT2D eigenvalue weighted by molar-refractivity contribution is 0.0908. The second-order valence-corrected chi connectivity index (χ2v) is 5.49. The first-order valence-corrected chi connectivity index (χ1v) is 7.33. The van der Waals surface area contributed by atoms with Crippen LogP contribution in [0.5, 0.6) is 0 Å². The monoisotopic (exact) mass is 312 g/mol. The highest BCUT2D eigenvalue weighted by Gasteiger charge is 2.25. The topological polar surface area (TPSA) is 64.3 Å². The van der Waals surface area contributed by atoms with E-state index in [2.05, 4.69) is 5.32 Å². The zero-order chi connectivity index (χ0) is 14.4. The fraction of sp³-hybridized carbons (Fsp3) is 0.562. The van der Waals surface area contributed by atoms with Gasteiger partial charge >= 0.3 is 0 Å². The number of halogens is 1. The van der Waals surface area contributed by atoms with Crippen LogP contribution in [0.15, 0.2) is 24.3 Å². The lowest BCUT2D eigenvalue weighted by Gasteiger charge is -2.31. The number of nitrogens with two attached hydrogens (primary N) is 1. The van der Waals surface area contributed by atoms with Crippen LogP contribution >= 0.6 is 12.4 Å². The molecule has 1 aromatic rings. The average Bonchev–Trinajstić information content (AvgIpc) is 2.49. The van der Waals surface area contributed by atoms with Gasteiger partial charge in [0.05, 0.1) is 6.61 Å². The predicted molar refractivity (Wildman–Crippen MR) is 86.7 cm³/mol. The van der Waals surface area contributed by atoms with E-state index in [1.54, 1.807) is 7.11 Å². The Hall–Kier alpha value is -1.10. The van der Waals surface area contributed by atoms with Crippen LogP contribution in [-0.4, -0.2) is 25.6 Å². The van der Waals surface area contributed by atoms with Crippen molar-refractivity contribution in [2.45, 2.75) is 38.3 Å². The zero-order valence-electron chi connectivity index (χ0n) is 12.5. The van der Waals surface area contributed by atoms with Crippen LogP contribution in [0, 0.1) is 5.92 Å². The van der Waals surface area contributed by atoms with Gasteiger partial charge in [0.15, 0.2) is 0 Å². The van der Waals surface area contributed by atoms with Gasteiger partial charge in [-0.3, -0.25) is 4.79 Å². The van der Waals surface area contributed by atoms with Crippen LogP contribution in [0.2, 0.25) is 0 Å². The minimum atomic E-state index is -0.000633. The van der Waals surface area contributed by atoms with E-state index in [-0.39, 0.29) is 24.4 Å². The summed E-state index contributed by atoms with van der Waals surface area (Å²) in [7, 11) is 1.66. The molecule has 5 heteroatoms. The third-order valence-corrected chi connectivity index (χ3v) is 4.06. The Kier molecular flexibility index (Phi) is 7.72. The predicted octanol–water partition coefficient (Wildman–Crippen LogP) is 2.50. The molecule has 0 aromatic heterocycles. The van der Waals surface area contributed by atoms with Crippen LogP contribution in [-0.2, 0) is 11.3 Å². The van der Waals surface area contributed by atoms with E-state index in [1.807, 2.05) is 24.3 Å². The molecule has 4 nitrogen and oxygen atoms in total. The summed E-state index contributed by atoms with van der Waals surface area (Å²) in [6.45, 7) is 1.22. The number of benzene rings is 1. The molecule has 2 rings (SSSR count). The number of hydrogen-bond donors (Lipinski definition) is 2. The first-order chi connectivity index (χ1) is 9.74. The lowest BCUT2D eigenvalue weighted by atomic mass is 9.84. The number of nitrogens with one attached hydrogen (secondary N) is 1. The summed E-state index contributed by atoms with van der Waals surface area (Å²) >= 11 is 0. The molecular weight excluding hydrogens is 288 g/mol. The fourth-order valence-corrected chi connectivity index (χ4v) is 2.85. The molecule has 0 heterocycles. The molecule has 0 saturated heterocycles. The zero-order valence-corrected chi connectivity index (χ0v) is 13.3. The molecule has 118 valence electrons. The second-order valence-electron chi connectivity index (χ2n) is 5.49. The molecule has 1 aliphatic carbocycles. The quantitative estimate of drug-likeness (QED) is 0.878. The standard InChI is InChI=1S/C16H24N2O2.ClH/c1-20-11-12-6-8-13(9-7-12)16(19)18-15-5-3-2-4-14(15)10-17;/h6-9,14-15H,2-5,10-11,17H2,1H3,(H,18,19);1H. The van der Waals surface area contributed by atoms with Gasteiger partial charge in [0.2, 0.25) is 0 Å². The fourth-order valence-electron chi connectivity index (χ4n) is 2.85. The number of rotatable bonds is 5. The molecule has 21 heavy (non-hydrogen) atoms. The molecular formula is C16H25ClN2O2. The summed E-state index contributed by atoms with van der Waals surface area (Å²) < 4.78 is 5.06. The third-order valence-electron chi connectivity index (χ3n) is 4.06. The minimum Gasteiger partial charge on any atom is -0.380 e. The highest BCUT2D eigenvalue weighted by molar-refractivity contribution is 5.94. The molecule has 1 amide bonds. The molecule has 0 spiro atoms. The number of methoxy groups -OCH3 is 1. The van der Waals surface area contributed by atoms with Gasteiger partial charge in [-0.05, 0) is 43.0 Å². The molecule has 2 unspecified atom stereocenters.